The summed E-state index contributed by atoms with van der Waals surface area (Å²) in [6, 6.07) is 5.34. The molecule has 6 nitrogen and oxygen atoms in total. The van der Waals surface area contributed by atoms with E-state index >= 15 is 0 Å². The Balaban J connectivity index is 1.85. The molecule has 0 radical (unpaired) electrons. The summed E-state index contributed by atoms with van der Waals surface area (Å²) in [6.07, 6.45) is 3.64. The van der Waals surface area contributed by atoms with E-state index in [1.165, 1.54) is 0 Å². The molecule has 6 heteroatoms. The molecule has 1 atom stereocenters. The van der Waals surface area contributed by atoms with Gasteiger partial charge in [-0.3, -0.25) is 14.4 Å². The van der Waals surface area contributed by atoms with Gasteiger partial charge in [0.2, 0.25) is 17.7 Å². The van der Waals surface area contributed by atoms with E-state index in [1.54, 1.807) is 23.9 Å². The quantitative estimate of drug-likeness (QED) is 0.878. The summed E-state index contributed by atoms with van der Waals surface area (Å²) in [5.74, 6) is 0.109. The van der Waals surface area contributed by atoms with Crippen LogP contribution in [-0.2, 0) is 27.3 Å². The minimum atomic E-state index is -0.439. The lowest BCUT2D eigenvalue weighted by Gasteiger charge is -2.37. The van der Waals surface area contributed by atoms with Crippen molar-refractivity contribution in [3.63, 3.8) is 0 Å². The first kappa shape index (κ1) is 18.4. The molecule has 0 unspecified atom stereocenters. The third kappa shape index (κ3) is 3.89. The highest BCUT2D eigenvalue weighted by Crippen LogP contribution is 2.35. The second-order valence-corrected chi connectivity index (χ2v) is 7.47. The van der Waals surface area contributed by atoms with Gasteiger partial charge in [0.05, 0.1) is 0 Å². The van der Waals surface area contributed by atoms with Crippen molar-refractivity contribution >= 4 is 23.4 Å². The molecule has 1 saturated carbocycles. The lowest BCUT2D eigenvalue weighted by Crippen LogP contribution is -2.52. The number of rotatable bonds is 5. The summed E-state index contributed by atoms with van der Waals surface area (Å²) in [4.78, 5) is 40.5. The third-order valence-electron chi connectivity index (χ3n) is 5.03. The van der Waals surface area contributed by atoms with Gasteiger partial charge in [0.15, 0.2) is 0 Å². The van der Waals surface area contributed by atoms with Crippen LogP contribution in [0.2, 0.25) is 0 Å². The van der Waals surface area contributed by atoms with E-state index in [0.717, 1.165) is 36.1 Å². The summed E-state index contributed by atoms with van der Waals surface area (Å²) in [7, 11) is 3.45. The van der Waals surface area contributed by atoms with Gasteiger partial charge >= 0.3 is 0 Å². The first-order valence-electron chi connectivity index (χ1n) is 9.34. The van der Waals surface area contributed by atoms with E-state index in [0.29, 0.717) is 19.4 Å². The van der Waals surface area contributed by atoms with Crippen LogP contribution < -0.4 is 5.32 Å². The first-order chi connectivity index (χ1) is 12.4. The number of hydrogen-bond donors (Lipinski definition) is 1. The number of carbonyl (C=O) groups is 3. The topological polar surface area (TPSA) is 69.7 Å². The number of carbonyl (C=O) groups excluding carboxylic acids is 3. The number of nitrogens with zero attached hydrogens (tertiary/aromatic N) is 2. The van der Waals surface area contributed by atoms with Crippen molar-refractivity contribution in [3.05, 3.63) is 29.3 Å². The molecule has 1 fully saturated rings. The maximum atomic E-state index is 12.7. The largest absolute Gasteiger partial charge is 0.347 e. The van der Waals surface area contributed by atoms with Gasteiger partial charge < -0.3 is 15.1 Å². The van der Waals surface area contributed by atoms with Crippen molar-refractivity contribution in [1.82, 2.24) is 9.80 Å². The molecule has 0 spiro atoms. The lowest BCUT2D eigenvalue weighted by atomic mass is 9.92. The summed E-state index contributed by atoms with van der Waals surface area (Å²) in [6.45, 7) is 2.39. The average molecular weight is 357 g/mol. The zero-order valence-electron chi connectivity index (χ0n) is 15.7. The fourth-order valence-electron chi connectivity index (χ4n) is 3.43. The smallest absolute Gasteiger partial charge is 0.245 e. The van der Waals surface area contributed by atoms with Gasteiger partial charge in [0.1, 0.15) is 6.04 Å². The molecule has 0 bridgehead atoms. The van der Waals surface area contributed by atoms with Crippen molar-refractivity contribution in [1.29, 1.82) is 0 Å². The van der Waals surface area contributed by atoms with Gasteiger partial charge in [-0.1, -0.05) is 13.0 Å². The zero-order valence-corrected chi connectivity index (χ0v) is 15.7. The van der Waals surface area contributed by atoms with Gasteiger partial charge in [-0.05, 0) is 42.5 Å². The van der Waals surface area contributed by atoms with Gasteiger partial charge in [0, 0.05) is 45.1 Å². The Morgan fingerprint density at radius 2 is 1.92 bits per heavy atom. The van der Waals surface area contributed by atoms with Crippen LogP contribution in [0.3, 0.4) is 0 Å². The molecule has 2 aliphatic rings. The fraction of sp³-hybridized carbons (Fsp3) is 0.550. The van der Waals surface area contributed by atoms with Crippen molar-refractivity contribution in [2.45, 2.75) is 51.6 Å². The lowest BCUT2D eigenvalue weighted by molar-refractivity contribution is -0.146. The van der Waals surface area contributed by atoms with Crippen LogP contribution in [0.4, 0.5) is 5.69 Å². The molecule has 1 aromatic rings. The normalized spacial score (nSPS) is 18.9. The number of hydrogen-bond acceptors (Lipinski definition) is 3. The van der Waals surface area contributed by atoms with Crippen molar-refractivity contribution in [2.24, 2.45) is 5.92 Å². The van der Waals surface area contributed by atoms with Crippen LogP contribution in [0, 0.1) is 5.92 Å². The highest BCUT2D eigenvalue weighted by Gasteiger charge is 2.41. The van der Waals surface area contributed by atoms with Crippen molar-refractivity contribution in [3.8, 4) is 0 Å². The molecule has 1 N–H and O–H groups in total. The Bertz CT molecular complexity index is 725. The monoisotopic (exact) mass is 357 g/mol. The molecular formula is C20H27N3O3. The van der Waals surface area contributed by atoms with Crippen LogP contribution in [0.15, 0.2) is 18.2 Å². The predicted molar refractivity (Wildman–Crippen MR) is 99.4 cm³/mol. The minimum absolute atomic E-state index is 0.00478. The highest BCUT2D eigenvalue weighted by molar-refractivity contribution is 5.92. The van der Waals surface area contributed by atoms with Crippen LogP contribution in [0.5, 0.6) is 0 Å². The molecule has 1 aromatic carbocycles. The molecule has 1 aliphatic heterocycles. The molecule has 26 heavy (non-hydrogen) atoms. The molecule has 1 aliphatic carbocycles. The van der Waals surface area contributed by atoms with E-state index in [2.05, 4.69) is 5.32 Å². The van der Waals surface area contributed by atoms with Crippen molar-refractivity contribution in [2.75, 3.05) is 19.4 Å². The second-order valence-electron chi connectivity index (χ2n) is 7.47. The van der Waals surface area contributed by atoms with Crippen molar-refractivity contribution < 1.29 is 14.4 Å². The van der Waals surface area contributed by atoms with Crippen LogP contribution >= 0.6 is 0 Å². The van der Waals surface area contributed by atoms with Crippen LogP contribution in [-0.4, -0.2) is 47.7 Å². The van der Waals surface area contributed by atoms with Gasteiger partial charge in [-0.2, -0.15) is 0 Å². The Hall–Kier alpha value is -2.37. The van der Waals surface area contributed by atoms with Crippen LogP contribution in [0.25, 0.3) is 0 Å². The SMILES string of the molecule is CCCC(=O)Nc1ccc2c(c1)CN(C(=O)C1CC1)[C@@H](C(=O)N(C)C)C2. The standard InChI is InChI=1S/C20H27N3O3/c1-4-5-18(24)21-16-9-8-14-11-17(20(26)22(2)3)23(12-15(14)10-16)19(25)13-6-7-13/h8-10,13,17H,4-7,11-12H2,1-3H3,(H,21,24)/t17-/m1/s1. The van der Waals surface area contributed by atoms with E-state index in [1.807, 2.05) is 25.1 Å². The maximum Gasteiger partial charge on any atom is 0.245 e. The van der Waals surface area contributed by atoms with E-state index in [9.17, 15) is 14.4 Å². The Kier molecular flexibility index (Phi) is 5.30. The molecule has 0 aromatic heterocycles. The summed E-state index contributed by atoms with van der Waals surface area (Å²) >= 11 is 0. The predicted octanol–water partition coefficient (Wildman–Crippen LogP) is 2.18. The van der Waals surface area contributed by atoms with Crippen LogP contribution in [0.1, 0.15) is 43.7 Å². The number of amides is 3. The number of fused-ring (bicyclic) bond motifs is 1. The third-order valence-corrected chi connectivity index (χ3v) is 5.03. The minimum Gasteiger partial charge on any atom is -0.347 e. The number of benzene rings is 1. The molecule has 1 heterocycles. The van der Waals surface area contributed by atoms with Gasteiger partial charge in [-0.25, -0.2) is 0 Å². The zero-order chi connectivity index (χ0) is 18.8. The molecule has 3 rings (SSSR count). The Morgan fingerprint density at radius 1 is 1.19 bits per heavy atom. The Labute approximate surface area is 154 Å². The number of nitrogens with one attached hydrogen (secondary N) is 1. The van der Waals surface area contributed by atoms with E-state index in [-0.39, 0.29) is 23.6 Å². The van der Waals surface area contributed by atoms with Gasteiger partial charge in [0.25, 0.3) is 0 Å². The molecule has 3 amide bonds. The second kappa shape index (κ2) is 7.48. The molecule has 140 valence electrons. The summed E-state index contributed by atoms with van der Waals surface area (Å²) in [5, 5.41) is 2.91. The number of anilines is 1. The average Bonchev–Trinajstić information content (AvgIpc) is 3.44. The maximum absolute atomic E-state index is 12.7. The van der Waals surface area contributed by atoms with Gasteiger partial charge in [-0.15, -0.1) is 0 Å². The van der Waals surface area contributed by atoms with E-state index < -0.39 is 6.04 Å². The fourth-order valence-corrected chi connectivity index (χ4v) is 3.43. The summed E-state index contributed by atoms with van der Waals surface area (Å²) in [5.41, 5.74) is 2.83. The summed E-state index contributed by atoms with van der Waals surface area (Å²) < 4.78 is 0. The highest BCUT2D eigenvalue weighted by atomic mass is 16.2. The molecular weight excluding hydrogens is 330 g/mol. The molecule has 0 saturated heterocycles. The number of likely N-dealkylation sites (N-methyl/N-ethyl adjacent to an activating group) is 1. The van der Waals surface area contributed by atoms with E-state index in [4.69, 9.17) is 0 Å². The Morgan fingerprint density at radius 3 is 2.54 bits per heavy atom. The first-order valence-corrected chi connectivity index (χ1v) is 9.34.